The Hall–Kier alpha value is -1.75. The first-order valence-electron chi connectivity index (χ1n) is 5.67. The van der Waals surface area contributed by atoms with E-state index in [-0.39, 0.29) is 35.5 Å². The van der Waals surface area contributed by atoms with E-state index in [0.29, 0.717) is 6.42 Å². The Balaban J connectivity index is 2.11. The lowest BCUT2D eigenvalue weighted by molar-refractivity contribution is -0.126. The van der Waals surface area contributed by atoms with E-state index in [2.05, 4.69) is 10.6 Å². The van der Waals surface area contributed by atoms with E-state index in [1.165, 1.54) is 0 Å². The molecule has 0 unspecified atom stereocenters. The Kier molecular flexibility index (Phi) is 2.06. The zero-order valence-corrected chi connectivity index (χ0v) is 9.40. The van der Waals surface area contributed by atoms with Crippen LogP contribution in [0.25, 0.3) is 0 Å². The third-order valence-corrected chi connectivity index (χ3v) is 3.56. The molecule has 90 valence electrons. The smallest absolute Gasteiger partial charge is 0.237 e. The van der Waals surface area contributed by atoms with E-state index in [9.17, 15) is 15.0 Å². The van der Waals surface area contributed by atoms with Crippen LogP contribution in [0.4, 0.5) is 0 Å². The fraction of sp³-hybridized carbons (Fsp3) is 0.417. The molecule has 5 nitrogen and oxygen atoms in total. The van der Waals surface area contributed by atoms with Gasteiger partial charge in [-0.25, -0.2) is 0 Å². The van der Waals surface area contributed by atoms with Gasteiger partial charge in [0, 0.05) is 6.04 Å². The number of phenolic OH excluding ortho intramolecular Hbond substituents is 2. The molecule has 5 heteroatoms. The molecule has 3 atom stereocenters. The molecule has 0 saturated carbocycles. The summed E-state index contributed by atoms with van der Waals surface area (Å²) in [5, 5.41) is 25.2. The summed E-state index contributed by atoms with van der Waals surface area (Å²) in [6.45, 7) is 1.92. The first kappa shape index (κ1) is 10.4. The number of aromatic hydroxyl groups is 2. The maximum atomic E-state index is 11.7. The number of carbonyl (C=O) groups is 1. The van der Waals surface area contributed by atoms with Crippen LogP contribution in [0, 0.1) is 0 Å². The van der Waals surface area contributed by atoms with Crippen LogP contribution in [-0.2, 0) is 11.2 Å². The molecule has 1 aromatic rings. The molecule has 0 aliphatic carbocycles. The maximum absolute atomic E-state index is 11.7. The van der Waals surface area contributed by atoms with Crippen molar-refractivity contribution in [2.75, 3.05) is 0 Å². The molecule has 1 aromatic carbocycles. The molecular formula is C12H14N2O3. The van der Waals surface area contributed by atoms with E-state index in [4.69, 9.17) is 0 Å². The van der Waals surface area contributed by atoms with E-state index in [1.807, 2.05) is 6.92 Å². The van der Waals surface area contributed by atoms with Crippen molar-refractivity contribution in [1.82, 2.24) is 10.6 Å². The van der Waals surface area contributed by atoms with Crippen LogP contribution in [0.1, 0.15) is 24.1 Å². The number of piperazine rings is 1. The minimum absolute atomic E-state index is 0.00653. The highest BCUT2D eigenvalue weighted by atomic mass is 16.3. The Morgan fingerprint density at radius 1 is 1.29 bits per heavy atom. The van der Waals surface area contributed by atoms with Crippen molar-refractivity contribution in [3.05, 3.63) is 23.3 Å². The van der Waals surface area contributed by atoms with Crippen LogP contribution in [0.3, 0.4) is 0 Å². The van der Waals surface area contributed by atoms with Crippen LogP contribution in [0.5, 0.6) is 11.5 Å². The summed E-state index contributed by atoms with van der Waals surface area (Å²) in [5.41, 5.74) is 1.87. The number of phenols is 2. The minimum atomic E-state index is -0.243. The number of nitrogens with one attached hydrogen (secondary N) is 2. The number of carbonyl (C=O) groups excluding carboxylic acids is 1. The van der Waals surface area contributed by atoms with Gasteiger partial charge in [0.25, 0.3) is 0 Å². The van der Waals surface area contributed by atoms with E-state index in [1.54, 1.807) is 12.1 Å². The third-order valence-electron chi connectivity index (χ3n) is 3.56. The predicted octanol–water partition coefficient (Wildman–Crippen LogP) is 0.171. The molecule has 0 spiro atoms. The van der Waals surface area contributed by atoms with Crippen LogP contribution in [0.2, 0.25) is 0 Å². The van der Waals surface area contributed by atoms with Gasteiger partial charge in [0.2, 0.25) is 5.91 Å². The van der Waals surface area contributed by atoms with Gasteiger partial charge in [-0.15, -0.1) is 0 Å². The largest absolute Gasteiger partial charge is 0.504 e. The predicted molar refractivity (Wildman–Crippen MR) is 60.7 cm³/mol. The Labute approximate surface area is 98.5 Å². The zero-order valence-electron chi connectivity index (χ0n) is 9.40. The van der Waals surface area contributed by atoms with Gasteiger partial charge in [-0.05, 0) is 36.6 Å². The molecule has 2 aliphatic heterocycles. The van der Waals surface area contributed by atoms with Crippen molar-refractivity contribution in [2.45, 2.75) is 31.5 Å². The Morgan fingerprint density at radius 2 is 2.00 bits per heavy atom. The average molecular weight is 234 g/mol. The molecule has 1 saturated heterocycles. The Bertz CT molecular complexity index is 501. The number of benzene rings is 1. The third kappa shape index (κ3) is 1.46. The standard InChI is InChI=1S/C12H14N2O3/c1-5-11-7-4-10(16)9(15)3-6(7)2-8(14-11)12(17)13-5/h3-5,8,11,14-16H,2H2,1H3,(H,13,17)/t5-,8-,11+/m0/s1. The summed E-state index contributed by atoms with van der Waals surface area (Å²) in [4.78, 5) is 11.7. The molecule has 3 rings (SSSR count). The Morgan fingerprint density at radius 3 is 2.76 bits per heavy atom. The first-order chi connectivity index (χ1) is 8.06. The fourth-order valence-electron chi connectivity index (χ4n) is 2.68. The monoisotopic (exact) mass is 234 g/mol. The normalized spacial score (nSPS) is 30.6. The number of hydrogen-bond donors (Lipinski definition) is 4. The summed E-state index contributed by atoms with van der Waals surface area (Å²) >= 11 is 0. The number of hydrogen-bond acceptors (Lipinski definition) is 4. The number of amides is 1. The highest BCUT2D eigenvalue weighted by molar-refractivity contribution is 5.84. The molecule has 4 N–H and O–H groups in total. The molecule has 2 bridgehead atoms. The second-order valence-corrected chi connectivity index (χ2v) is 4.74. The van der Waals surface area contributed by atoms with Gasteiger partial charge in [0.1, 0.15) is 0 Å². The quantitative estimate of drug-likeness (QED) is 0.482. The summed E-state index contributed by atoms with van der Waals surface area (Å²) in [6.07, 6.45) is 0.540. The summed E-state index contributed by atoms with van der Waals surface area (Å²) in [7, 11) is 0. The van der Waals surface area contributed by atoms with Crippen molar-refractivity contribution >= 4 is 5.91 Å². The fourth-order valence-corrected chi connectivity index (χ4v) is 2.68. The van der Waals surface area contributed by atoms with Crippen LogP contribution in [0.15, 0.2) is 12.1 Å². The van der Waals surface area contributed by atoms with Gasteiger partial charge < -0.3 is 15.5 Å². The van der Waals surface area contributed by atoms with Gasteiger partial charge in [-0.2, -0.15) is 0 Å². The van der Waals surface area contributed by atoms with Crippen molar-refractivity contribution in [2.24, 2.45) is 0 Å². The summed E-state index contributed by atoms with van der Waals surface area (Å²) < 4.78 is 0. The van der Waals surface area contributed by atoms with E-state index in [0.717, 1.165) is 11.1 Å². The van der Waals surface area contributed by atoms with Gasteiger partial charge >= 0.3 is 0 Å². The highest BCUT2D eigenvalue weighted by Gasteiger charge is 2.39. The summed E-state index contributed by atoms with van der Waals surface area (Å²) in [6, 6.07) is 2.85. The lowest BCUT2D eigenvalue weighted by atomic mass is 9.84. The molecular weight excluding hydrogens is 220 g/mol. The van der Waals surface area contributed by atoms with E-state index >= 15 is 0 Å². The number of fused-ring (bicyclic) bond motifs is 4. The van der Waals surface area contributed by atoms with Crippen molar-refractivity contribution in [3.8, 4) is 11.5 Å². The van der Waals surface area contributed by atoms with Crippen molar-refractivity contribution in [3.63, 3.8) is 0 Å². The van der Waals surface area contributed by atoms with Gasteiger partial charge in [-0.3, -0.25) is 10.1 Å². The van der Waals surface area contributed by atoms with Crippen molar-refractivity contribution < 1.29 is 15.0 Å². The zero-order chi connectivity index (χ0) is 12.2. The second kappa shape index (κ2) is 3.37. The lowest BCUT2D eigenvalue weighted by Crippen LogP contribution is -2.61. The van der Waals surface area contributed by atoms with Gasteiger partial charge in [0.15, 0.2) is 11.5 Å². The van der Waals surface area contributed by atoms with Gasteiger partial charge in [-0.1, -0.05) is 0 Å². The van der Waals surface area contributed by atoms with Crippen LogP contribution >= 0.6 is 0 Å². The van der Waals surface area contributed by atoms with Crippen LogP contribution < -0.4 is 10.6 Å². The molecule has 2 heterocycles. The first-order valence-corrected chi connectivity index (χ1v) is 5.67. The molecule has 1 amide bonds. The minimum Gasteiger partial charge on any atom is -0.504 e. The molecule has 1 fully saturated rings. The highest BCUT2D eigenvalue weighted by Crippen LogP contribution is 2.37. The maximum Gasteiger partial charge on any atom is 0.237 e. The SMILES string of the molecule is C[C@@H]1NC(=O)[C@@H]2Cc3cc(O)c(O)cc3[C@@H]1N2. The molecule has 0 radical (unpaired) electrons. The second-order valence-electron chi connectivity index (χ2n) is 4.74. The van der Waals surface area contributed by atoms with E-state index < -0.39 is 0 Å². The van der Waals surface area contributed by atoms with Gasteiger partial charge in [0.05, 0.1) is 12.1 Å². The molecule has 2 aliphatic rings. The van der Waals surface area contributed by atoms with Crippen molar-refractivity contribution in [1.29, 1.82) is 0 Å². The molecule has 17 heavy (non-hydrogen) atoms. The lowest BCUT2D eigenvalue weighted by Gasteiger charge is -2.41. The molecule has 0 aromatic heterocycles. The average Bonchev–Trinajstić information content (AvgIpc) is 2.28. The van der Waals surface area contributed by atoms with Crippen LogP contribution in [-0.4, -0.2) is 28.2 Å². The summed E-state index contributed by atoms with van der Waals surface area (Å²) in [5.74, 6) is -0.253. The number of rotatable bonds is 0. The topological polar surface area (TPSA) is 81.6 Å².